The molecule has 49 heavy (non-hydrogen) atoms. The van der Waals surface area contributed by atoms with Crippen LogP contribution in [0, 0.1) is 11.6 Å². The van der Waals surface area contributed by atoms with E-state index in [-0.39, 0.29) is 33.1 Å². The second kappa shape index (κ2) is 14.9. The molecule has 2 aliphatic heterocycles. The third-order valence-electron chi connectivity index (χ3n) is 8.37. The molecular weight excluding hydrogens is 678 g/mol. The average molecular weight is 711 g/mol. The molecule has 6 N–H and O–H groups in total. The summed E-state index contributed by atoms with van der Waals surface area (Å²) in [6.45, 7) is -2.54. The van der Waals surface area contributed by atoms with Crippen molar-refractivity contribution in [3.8, 4) is 0 Å². The van der Waals surface area contributed by atoms with Gasteiger partial charge in [-0.3, -0.25) is 0 Å². The minimum absolute atomic E-state index is 0.00456. The Morgan fingerprint density at radius 3 is 1.45 bits per heavy atom. The Labute approximate surface area is 279 Å². The molecular formula is C32H32F2O14S. The van der Waals surface area contributed by atoms with Gasteiger partial charge in [0.25, 0.3) is 0 Å². The molecule has 14 nitrogen and oxygen atoms in total. The van der Waals surface area contributed by atoms with Crippen LogP contribution in [0.2, 0.25) is 0 Å². The van der Waals surface area contributed by atoms with E-state index in [9.17, 15) is 49.0 Å². The molecule has 264 valence electrons. The maximum Gasteiger partial charge on any atom is 0.341 e. The molecule has 0 aliphatic carbocycles. The molecule has 10 atom stereocenters. The van der Waals surface area contributed by atoms with Crippen LogP contribution >= 0.6 is 11.8 Å². The number of thioether (sulfide) groups is 1. The van der Waals surface area contributed by atoms with E-state index in [1.54, 1.807) is 0 Å². The Morgan fingerprint density at radius 2 is 1.06 bits per heavy atom. The van der Waals surface area contributed by atoms with Gasteiger partial charge in [-0.25, -0.2) is 18.4 Å². The van der Waals surface area contributed by atoms with Gasteiger partial charge in [-0.05, 0) is 36.4 Å². The summed E-state index contributed by atoms with van der Waals surface area (Å²) in [6.07, 6.45) is -12.2. The lowest BCUT2D eigenvalue weighted by molar-refractivity contribution is -0.231. The second-order valence-corrected chi connectivity index (χ2v) is 12.7. The predicted molar refractivity (Wildman–Crippen MR) is 165 cm³/mol. The molecule has 0 amide bonds. The summed E-state index contributed by atoms with van der Waals surface area (Å²) in [5.41, 5.74) is -4.67. The van der Waals surface area contributed by atoms with Gasteiger partial charge in [0, 0.05) is 0 Å². The maximum atomic E-state index is 14.3. The summed E-state index contributed by atoms with van der Waals surface area (Å²) in [4.78, 5) is 25.0. The minimum Gasteiger partial charge on any atom is -0.422 e. The lowest BCUT2D eigenvalue weighted by Crippen LogP contribution is -2.61. The Balaban J connectivity index is 1.18. The predicted octanol–water partition coefficient (Wildman–Crippen LogP) is 0.259. The van der Waals surface area contributed by atoms with Crippen molar-refractivity contribution in [2.45, 2.75) is 72.9 Å². The molecule has 6 rings (SSSR count). The number of aliphatic hydroxyl groups excluding tert-OH is 6. The molecule has 0 radical (unpaired) electrons. The van der Waals surface area contributed by atoms with Crippen LogP contribution in [0.15, 0.2) is 67.0 Å². The number of hydrogen-bond donors (Lipinski definition) is 6. The highest BCUT2D eigenvalue weighted by molar-refractivity contribution is 8.00. The Hall–Kier alpha value is -3.33. The summed E-state index contributed by atoms with van der Waals surface area (Å²) >= 11 is 0.656. The van der Waals surface area contributed by atoms with Crippen LogP contribution in [0.3, 0.4) is 0 Å². The van der Waals surface area contributed by atoms with Crippen LogP contribution in [-0.4, -0.2) is 104 Å². The van der Waals surface area contributed by atoms with Crippen LogP contribution in [0.5, 0.6) is 0 Å². The molecule has 2 aromatic heterocycles. The van der Waals surface area contributed by atoms with E-state index in [4.69, 9.17) is 27.8 Å². The number of benzene rings is 2. The second-order valence-electron chi connectivity index (χ2n) is 11.5. The monoisotopic (exact) mass is 710 g/mol. The first kappa shape index (κ1) is 35.5. The fourth-order valence-corrected chi connectivity index (χ4v) is 7.03. The number of fused-ring (bicyclic) bond motifs is 2. The lowest BCUT2D eigenvalue weighted by Gasteiger charge is -2.46. The van der Waals surface area contributed by atoms with Gasteiger partial charge in [-0.15, -0.1) is 0 Å². The van der Waals surface area contributed by atoms with Gasteiger partial charge in [-0.1, -0.05) is 23.9 Å². The van der Waals surface area contributed by atoms with E-state index in [1.165, 1.54) is 48.5 Å². The molecule has 0 saturated carbocycles. The molecule has 2 aliphatic rings. The molecule has 0 spiro atoms. The topological polar surface area (TPSA) is 219 Å². The van der Waals surface area contributed by atoms with Gasteiger partial charge in [-0.2, -0.15) is 0 Å². The molecule has 2 aromatic carbocycles. The number of hydrogen-bond acceptors (Lipinski definition) is 15. The van der Waals surface area contributed by atoms with Crippen molar-refractivity contribution in [1.82, 2.24) is 0 Å². The van der Waals surface area contributed by atoms with E-state index in [0.29, 0.717) is 11.8 Å². The zero-order chi connectivity index (χ0) is 35.0. The van der Waals surface area contributed by atoms with Crippen molar-refractivity contribution in [3.05, 3.63) is 92.1 Å². The van der Waals surface area contributed by atoms with Crippen molar-refractivity contribution in [3.63, 3.8) is 0 Å². The van der Waals surface area contributed by atoms with Crippen molar-refractivity contribution >= 4 is 33.7 Å². The normalized spacial score (nSPS) is 30.6. The molecule has 4 aromatic rings. The lowest BCUT2D eigenvalue weighted by atomic mass is 9.99. The van der Waals surface area contributed by atoms with E-state index in [0.717, 1.165) is 0 Å². The Bertz CT molecular complexity index is 1770. The first-order valence-corrected chi connectivity index (χ1v) is 16.0. The largest absolute Gasteiger partial charge is 0.422 e. The third-order valence-corrected chi connectivity index (χ3v) is 9.68. The number of aliphatic hydroxyl groups is 6. The van der Waals surface area contributed by atoms with Crippen LogP contribution in [0.4, 0.5) is 8.78 Å². The summed E-state index contributed by atoms with van der Waals surface area (Å²) in [6, 6.07) is 10.3. The van der Waals surface area contributed by atoms with Gasteiger partial charge in [0.2, 0.25) is 0 Å². The molecule has 2 saturated heterocycles. The maximum absolute atomic E-state index is 14.3. The zero-order valence-electron chi connectivity index (χ0n) is 25.3. The quantitative estimate of drug-likeness (QED) is 0.122. The van der Waals surface area contributed by atoms with E-state index < -0.39 is 109 Å². The fraction of sp³-hybridized carbons (Fsp3) is 0.438. The summed E-state index contributed by atoms with van der Waals surface area (Å²) < 4.78 is 61.7. The van der Waals surface area contributed by atoms with E-state index in [2.05, 4.69) is 0 Å². The highest BCUT2D eigenvalue weighted by Crippen LogP contribution is 2.38. The number of rotatable bonds is 10. The average Bonchev–Trinajstić information content (AvgIpc) is 3.07. The fourth-order valence-electron chi connectivity index (χ4n) is 5.72. The van der Waals surface area contributed by atoms with Gasteiger partial charge >= 0.3 is 11.3 Å². The van der Waals surface area contributed by atoms with Crippen molar-refractivity contribution in [2.75, 3.05) is 13.2 Å². The first-order valence-electron chi connectivity index (χ1n) is 15.1. The number of halogens is 2. The standard InChI is InChI=1S/C32H32F2O14S/c33-17-3-1-5-19-15(17)7-13(29(41)45-19)11-43-27-23(37)21(9-35)47-31(25(27)39)49-32-26(40)28(24(38)22(10-36)48-32)44-12-14-8-16-18(34)4-2-6-20(16)46-30(14)42/h1-8,21-28,31-32,35-40H,9-12H2/t21?,22?,23-,24-,25-,26+,27?,28?,31-,32-/m0/s1. The van der Waals surface area contributed by atoms with Gasteiger partial charge in [0.15, 0.2) is 0 Å². The van der Waals surface area contributed by atoms with Crippen LogP contribution < -0.4 is 11.3 Å². The summed E-state index contributed by atoms with van der Waals surface area (Å²) in [5.74, 6) is -1.31. The van der Waals surface area contributed by atoms with Crippen LogP contribution in [0.1, 0.15) is 11.1 Å². The van der Waals surface area contributed by atoms with E-state index in [1.807, 2.05) is 0 Å². The molecule has 2 fully saturated rings. The zero-order valence-corrected chi connectivity index (χ0v) is 26.2. The van der Waals surface area contributed by atoms with E-state index >= 15 is 0 Å². The molecule has 4 heterocycles. The van der Waals surface area contributed by atoms with Crippen LogP contribution in [-0.2, 0) is 32.2 Å². The number of ether oxygens (including phenoxy) is 4. The molecule has 17 heteroatoms. The van der Waals surface area contributed by atoms with Gasteiger partial charge < -0.3 is 58.4 Å². The highest BCUT2D eigenvalue weighted by Gasteiger charge is 2.51. The molecule has 0 bridgehead atoms. The Kier molecular flexibility index (Phi) is 10.8. The Morgan fingerprint density at radius 1 is 0.653 bits per heavy atom. The van der Waals surface area contributed by atoms with Gasteiger partial charge in [0.05, 0.1) is 48.3 Å². The third kappa shape index (κ3) is 7.15. The van der Waals surface area contributed by atoms with Gasteiger partial charge in [0.1, 0.15) is 82.5 Å². The van der Waals surface area contributed by atoms with Crippen LogP contribution in [0.25, 0.3) is 21.9 Å². The van der Waals surface area contributed by atoms with Crippen molar-refractivity contribution in [1.29, 1.82) is 0 Å². The smallest absolute Gasteiger partial charge is 0.341 e. The molecule has 4 unspecified atom stereocenters. The first-order chi connectivity index (χ1) is 23.5. The SMILES string of the molecule is O=c1oc2cccc(F)c2cc1COC1[C@@H](O)C(CO)O[C@@H](S[C@@H]2OC(CO)[C@H](O)C(OCc3cc4c(F)cccc4oc3=O)[C@@H]2O)[C@@H]1O. The summed E-state index contributed by atoms with van der Waals surface area (Å²) in [5, 5.41) is 63.9. The highest BCUT2D eigenvalue weighted by atomic mass is 32.2. The summed E-state index contributed by atoms with van der Waals surface area (Å²) in [7, 11) is 0. The van der Waals surface area contributed by atoms with Crippen molar-refractivity contribution in [2.24, 2.45) is 0 Å². The van der Waals surface area contributed by atoms with Crippen molar-refractivity contribution < 1.29 is 67.2 Å². The minimum atomic E-state index is -1.68.